The van der Waals surface area contributed by atoms with Crippen LogP contribution >= 0.6 is 0 Å². The molecule has 2 rings (SSSR count). The van der Waals surface area contributed by atoms with Gasteiger partial charge in [0.15, 0.2) is 0 Å². The number of carbonyl (C=O) groups is 2. The monoisotopic (exact) mass is 314 g/mol. The fraction of sp³-hybridized carbons (Fsp3) is 0.312. The predicted molar refractivity (Wildman–Crippen MR) is 83.1 cm³/mol. The number of nitrogens with zero attached hydrogens (tertiary/aromatic N) is 2. The van der Waals surface area contributed by atoms with Gasteiger partial charge in [-0.3, -0.25) is 14.2 Å². The Bertz CT molecular complexity index is 753. The zero-order valence-electron chi connectivity index (χ0n) is 13.2. The molecular weight excluding hydrogens is 296 g/mol. The van der Waals surface area contributed by atoms with E-state index in [1.165, 1.54) is 0 Å². The minimum Gasteiger partial charge on any atom is -0.443 e. The van der Waals surface area contributed by atoms with Crippen LogP contribution in [0.5, 0.6) is 0 Å². The van der Waals surface area contributed by atoms with Crippen LogP contribution in [0.4, 0.5) is 0 Å². The Hall–Kier alpha value is -3.01. The number of hydrogen-bond donors (Lipinski definition) is 2. The van der Waals surface area contributed by atoms with E-state index in [0.29, 0.717) is 12.3 Å². The standard InChI is InChI=1S/C16H18N4O3/c1-4-18-14(21)10(2)19-15(22)13-11(3)23-16(12(13)9-17)20-7-5-6-8-20/h5-8,10H,4H2,1-3H3,(H,18,21)(H,19,22)/t10-/m0/s1. The third-order valence-electron chi connectivity index (χ3n) is 3.34. The Morgan fingerprint density at radius 2 is 2.04 bits per heavy atom. The van der Waals surface area contributed by atoms with Crippen molar-refractivity contribution < 1.29 is 14.0 Å². The molecule has 2 aromatic rings. The van der Waals surface area contributed by atoms with Crippen molar-refractivity contribution in [2.75, 3.05) is 6.54 Å². The van der Waals surface area contributed by atoms with Crippen LogP contribution < -0.4 is 10.6 Å². The molecule has 1 atom stereocenters. The van der Waals surface area contributed by atoms with Crippen molar-refractivity contribution in [3.8, 4) is 12.0 Å². The van der Waals surface area contributed by atoms with Gasteiger partial charge < -0.3 is 15.1 Å². The zero-order valence-corrected chi connectivity index (χ0v) is 13.2. The highest BCUT2D eigenvalue weighted by Gasteiger charge is 2.26. The number of carbonyl (C=O) groups excluding carboxylic acids is 2. The Morgan fingerprint density at radius 3 is 2.61 bits per heavy atom. The molecule has 0 bridgehead atoms. The topological polar surface area (TPSA) is 100 Å². The predicted octanol–water partition coefficient (Wildman–Crippen LogP) is 1.50. The molecule has 2 amide bonds. The van der Waals surface area contributed by atoms with Crippen LogP contribution in [-0.4, -0.2) is 29.0 Å². The SMILES string of the molecule is CCNC(=O)[C@H](C)NC(=O)c1c(C)oc(-n2cccc2)c1C#N. The minimum absolute atomic E-state index is 0.138. The minimum atomic E-state index is -0.710. The Kier molecular flexibility index (Phi) is 4.86. The summed E-state index contributed by atoms with van der Waals surface area (Å²) in [5, 5.41) is 14.6. The van der Waals surface area contributed by atoms with Crippen LogP contribution in [-0.2, 0) is 4.79 Å². The number of hydrogen-bond acceptors (Lipinski definition) is 4. The number of furan rings is 1. The lowest BCUT2D eigenvalue weighted by Gasteiger charge is -2.13. The summed E-state index contributed by atoms with van der Waals surface area (Å²) in [4.78, 5) is 24.2. The van der Waals surface area contributed by atoms with E-state index in [9.17, 15) is 14.9 Å². The van der Waals surface area contributed by atoms with Crippen molar-refractivity contribution in [1.29, 1.82) is 5.26 Å². The zero-order chi connectivity index (χ0) is 17.0. The highest BCUT2D eigenvalue weighted by molar-refractivity contribution is 6.00. The molecule has 0 saturated heterocycles. The number of amides is 2. The van der Waals surface area contributed by atoms with E-state index in [1.54, 1.807) is 49.9 Å². The van der Waals surface area contributed by atoms with Crippen molar-refractivity contribution in [1.82, 2.24) is 15.2 Å². The lowest BCUT2D eigenvalue weighted by molar-refractivity contribution is -0.122. The summed E-state index contributed by atoms with van der Waals surface area (Å²) in [6.45, 7) is 5.46. The fourth-order valence-corrected chi connectivity index (χ4v) is 2.22. The number of aromatic nitrogens is 1. The van der Waals surface area contributed by atoms with Gasteiger partial charge in [-0.25, -0.2) is 0 Å². The first-order valence-corrected chi connectivity index (χ1v) is 7.25. The molecule has 0 fully saturated rings. The summed E-state index contributed by atoms with van der Waals surface area (Å²) in [6, 6.07) is 4.87. The molecule has 2 aromatic heterocycles. The van der Waals surface area contributed by atoms with Crippen LogP contribution in [0.3, 0.4) is 0 Å². The molecule has 2 N–H and O–H groups in total. The van der Waals surface area contributed by atoms with Crippen LogP contribution in [0.1, 0.15) is 35.5 Å². The highest BCUT2D eigenvalue weighted by atomic mass is 16.4. The second kappa shape index (κ2) is 6.83. The second-order valence-corrected chi connectivity index (χ2v) is 5.01. The van der Waals surface area contributed by atoms with Gasteiger partial charge in [0.05, 0.1) is 0 Å². The maximum Gasteiger partial charge on any atom is 0.256 e. The van der Waals surface area contributed by atoms with Crippen molar-refractivity contribution in [2.45, 2.75) is 26.8 Å². The van der Waals surface area contributed by atoms with E-state index in [0.717, 1.165) is 0 Å². The molecule has 0 aliphatic rings. The molecule has 0 saturated carbocycles. The quantitative estimate of drug-likeness (QED) is 0.873. The molecule has 120 valence electrons. The van der Waals surface area contributed by atoms with Crippen LogP contribution in [0.15, 0.2) is 28.9 Å². The molecule has 7 nitrogen and oxygen atoms in total. The van der Waals surface area contributed by atoms with Gasteiger partial charge in [-0.15, -0.1) is 0 Å². The van der Waals surface area contributed by atoms with Gasteiger partial charge in [-0.2, -0.15) is 5.26 Å². The lowest BCUT2D eigenvalue weighted by atomic mass is 10.1. The summed E-state index contributed by atoms with van der Waals surface area (Å²) in [6.07, 6.45) is 3.44. The van der Waals surface area contributed by atoms with E-state index < -0.39 is 11.9 Å². The number of nitrogens with one attached hydrogen (secondary N) is 2. The van der Waals surface area contributed by atoms with Crippen molar-refractivity contribution in [3.63, 3.8) is 0 Å². The lowest BCUT2D eigenvalue weighted by Crippen LogP contribution is -2.44. The number of aryl methyl sites for hydroxylation is 1. The molecule has 0 aromatic carbocycles. The van der Waals surface area contributed by atoms with E-state index >= 15 is 0 Å². The smallest absolute Gasteiger partial charge is 0.256 e. The number of likely N-dealkylation sites (N-methyl/N-ethyl adjacent to an activating group) is 1. The summed E-state index contributed by atoms with van der Waals surface area (Å²) >= 11 is 0. The molecule has 0 radical (unpaired) electrons. The second-order valence-electron chi connectivity index (χ2n) is 5.01. The largest absolute Gasteiger partial charge is 0.443 e. The third-order valence-corrected chi connectivity index (χ3v) is 3.34. The van der Waals surface area contributed by atoms with E-state index in [-0.39, 0.29) is 22.9 Å². The fourth-order valence-electron chi connectivity index (χ4n) is 2.22. The Morgan fingerprint density at radius 1 is 1.39 bits per heavy atom. The molecule has 0 unspecified atom stereocenters. The Balaban J connectivity index is 2.31. The molecule has 23 heavy (non-hydrogen) atoms. The van der Waals surface area contributed by atoms with Crippen LogP contribution in [0.25, 0.3) is 5.88 Å². The van der Waals surface area contributed by atoms with Gasteiger partial charge in [0.1, 0.15) is 29.0 Å². The van der Waals surface area contributed by atoms with E-state index in [2.05, 4.69) is 10.6 Å². The van der Waals surface area contributed by atoms with Gasteiger partial charge in [0.2, 0.25) is 11.8 Å². The summed E-state index contributed by atoms with van der Waals surface area (Å²) in [5.41, 5.74) is 0.284. The first-order valence-electron chi connectivity index (χ1n) is 7.25. The first-order chi connectivity index (χ1) is 11.0. The third kappa shape index (κ3) is 3.26. The molecule has 0 spiro atoms. The molecule has 0 aliphatic heterocycles. The summed E-state index contributed by atoms with van der Waals surface area (Å²) in [7, 11) is 0. The number of rotatable bonds is 5. The van der Waals surface area contributed by atoms with Crippen molar-refractivity contribution in [2.24, 2.45) is 0 Å². The number of nitriles is 1. The van der Waals surface area contributed by atoms with E-state index in [4.69, 9.17) is 4.42 Å². The van der Waals surface area contributed by atoms with Gasteiger partial charge in [-0.05, 0) is 32.9 Å². The maximum atomic E-state index is 12.4. The average Bonchev–Trinajstić information content (AvgIpc) is 3.13. The van der Waals surface area contributed by atoms with Crippen molar-refractivity contribution in [3.05, 3.63) is 41.4 Å². The molecule has 0 aliphatic carbocycles. The average molecular weight is 314 g/mol. The first kappa shape index (κ1) is 16.4. The molecular formula is C16H18N4O3. The van der Waals surface area contributed by atoms with Gasteiger partial charge >= 0.3 is 0 Å². The maximum absolute atomic E-state index is 12.4. The van der Waals surface area contributed by atoms with Crippen LogP contribution in [0, 0.1) is 18.3 Å². The summed E-state index contributed by atoms with van der Waals surface area (Å²) in [5.74, 6) is -0.192. The normalized spacial score (nSPS) is 11.6. The highest BCUT2D eigenvalue weighted by Crippen LogP contribution is 2.25. The Labute approximate surface area is 133 Å². The van der Waals surface area contributed by atoms with Crippen molar-refractivity contribution >= 4 is 11.8 Å². The molecule has 2 heterocycles. The van der Waals surface area contributed by atoms with Gasteiger partial charge in [0.25, 0.3) is 5.91 Å². The van der Waals surface area contributed by atoms with Gasteiger partial charge in [0, 0.05) is 18.9 Å². The van der Waals surface area contributed by atoms with Crippen LogP contribution in [0.2, 0.25) is 0 Å². The van der Waals surface area contributed by atoms with E-state index in [1.807, 2.05) is 6.07 Å². The van der Waals surface area contributed by atoms with Gasteiger partial charge in [-0.1, -0.05) is 0 Å². The molecule has 7 heteroatoms. The summed E-state index contributed by atoms with van der Waals surface area (Å²) < 4.78 is 7.19.